The van der Waals surface area contributed by atoms with E-state index in [1.165, 1.54) is 13.3 Å². The number of carbonyl (C=O) groups excluding carboxylic acids is 1. The van der Waals surface area contributed by atoms with E-state index in [4.69, 9.17) is 5.53 Å². The Kier molecular flexibility index (Phi) is 5.27. The van der Waals surface area contributed by atoms with Crippen LogP contribution in [0.5, 0.6) is 0 Å². The summed E-state index contributed by atoms with van der Waals surface area (Å²) in [4.78, 5) is 18.0. The Hall–Kier alpha value is -2.33. The number of esters is 1. The van der Waals surface area contributed by atoms with Crippen LogP contribution in [0.1, 0.15) is 22.5 Å². The van der Waals surface area contributed by atoms with Crippen LogP contribution in [0, 0.1) is 0 Å². The average Bonchev–Trinajstić information content (AvgIpc) is 2.38. The van der Waals surface area contributed by atoms with Crippen LogP contribution in [0.3, 0.4) is 0 Å². The normalized spacial score (nSPS) is 9.94. The SMILES string of the molecule is COC(=O)c1ncccc1C=CCCN=[N+]=[N-]. The van der Waals surface area contributed by atoms with Crippen molar-refractivity contribution in [3.63, 3.8) is 0 Å². The topological polar surface area (TPSA) is 88.0 Å². The zero-order valence-corrected chi connectivity index (χ0v) is 9.41. The third-order valence-corrected chi connectivity index (χ3v) is 1.97. The summed E-state index contributed by atoms with van der Waals surface area (Å²) >= 11 is 0. The molecule has 0 atom stereocenters. The first kappa shape index (κ1) is 12.7. The minimum Gasteiger partial charge on any atom is -0.464 e. The third kappa shape index (κ3) is 3.96. The number of aromatic nitrogens is 1. The first-order chi connectivity index (χ1) is 8.29. The molecule has 1 aromatic heterocycles. The molecule has 1 heterocycles. The first-order valence-electron chi connectivity index (χ1n) is 5.00. The van der Waals surface area contributed by atoms with Crippen molar-refractivity contribution >= 4 is 12.0 Å². The van der Waals surface area contributed by atoms with Crippen molar-refractivity contribution in [1.82, 2.24) is 4.98 Å². The molecule has 0 unspecified atom stereocenters. The summed E-state index contributed by atoms with van der Waals surface area (Å²) in [5, 5.41) is 3.40. The molecular formula is C11H12N4O2. The molecule has 0 radical (unpaired) electrons. The van der Waals surface area contributed by atoms with Crippen molar-refractivity contribution in [2.45, 2.75) is 6.42 Å². The van der Waals surface area contributed by atoms with Gasteiger partial charge in [0.2, 0.25) is 0 Å². The van der Waals surface area contributed by atoms with Gasteiger partial charge in [0, 0.05) is 23.2 Å². The fourth-order valence-electron chi connectivity index (χ4n) is 1.21. The van der Waals surface area contributed by atoms with Gasteiger partial charge in [-0.2, -0.15) is 0 Å². The maximum absolute atomic E-state index is 11.4. The molecule has 6 heteroatoms. The number of azide groups is 1. The zero-order chi connectivity index (χ0) is 12.5. The highest BCUT2D eigenvalue weighted by Gasteiger charge is 2.10. The molecule has 0 aliphatic heterocycles. The lowest BCUT2D eigenvalue weighted by Gasteiger charge is -2.01. The van der Waals surface area contributed by atoms with Crippen molar-refractivity contribution in [1.29, 1.82) is 0 Å². The van der Waals surface area contributed by atoms with E-state index in [1.807, 2.05) is 6.08 Å². The van der Waals surface area contributed by atoms with Crippen molar-refractivity contribution in [2.75, 3.05) is 13.7 Å². The second-order valence-corrected chi connectivity index (χ2v) is 3.08. The molecule has 17 heavy (non-hydrogen) atoms. The smallest absolute Gasteiger partial charge is 0.357 e. The monoisotopic (exact) mass is 232 g/mol. The summed E-state index contributed by atoms with van der Waals surface area (Å²) in [6.45, 7) is 0.390. The summed E-state index contributed by atoms with van der Waals surface area (Å²) in [5.74, 6) is -0.472. The highest BCUT2D eigenvalue weighted by Crippen LogP contribution is 2.09. The van der Waals surface area contributed by atoms with Crippen LogP contribution in [0.2, 0.25) is 0 Å². The van der Waals surface area contributed by atoms with Gasteiger partial charge in [-0.15, -0.1) is 0 Å². The van der Waals surface area contributed by atoms with Crippen LogP contribution in [-0.4, -0.2) is 24.6 Å². The van der Waals surface area contributed by atoms with Gasteiger partial charge in [0.05, 0.1) is 7.11 Å². The summed E-state index contributed by atoms with van der Waals surface area (Å²) in [7, 11) is 1.31. The predicted octanol–water partition coefficient (Wildman–Crippen LogP) is 2.58. The van der Waals surface area contributed by atoms with E-state index in [1.54, 1.807) is 18.2 Å². The lowest BCUT2D eigenvalue weighted by Crippen LogP contribution is -2.06. The number of carbonyl (C=O) groups is 1. The minimum atomic E-state index is -0.472. The van der Waals surface area contributed by atoms with Crippen LogP contribution in [-0.2, 0) is 4.74 Å². The predicted molar refractivity (Wildman–Crippen MR) is 63.2 cm³/mol. The number of pyridine rings is 1. The maximum Gasteiger partial charge on any atom is 0.357 e. The molecule has 0 spiro atoms. The van der Waals surface area contributed by atoms with Gasteiger partial charge in [-0.25, -0.2) is 9.78 Å². The Labute approximate surface area is 98.6 Å². The zero-order valence-electron chi connectivity index (χ0n) is 9.41. The number of rotatable bonds is 5. The van der Waals surface area contributed by atoms with E-state index in [0.29, 0.717) is 18.5 Å². The van der Waals surface area contributed by atoms with Crippen LogP contribution < -0.4 is 0 Å². The van der Waals surface area contributed by atoms with Crippen LogP contribution in [0.25, 0.3) is 16.5 Å². The van der Waals surface area contributed by atoms with Crippen LogP contribution in [0.15, 0.2) is 29.5 Å². The van der Waals surface area contributed by atoms with E-state index in [0.717, 1.165) is 0 Å². The summed E-state index contributed by atoms with van der Waals surface area (Å²) < 4.78 is 4.62. The van der Waals surface area contributed by atoms with E-state index < -0.39 is 5.97 Å². The Balaban J connectivity index is 2.76. The van der Waals surface area contributed by atoms with Gasteiger partial charge in [-0.3, -0.25) is 0 Å². The largest absolute Gasteiger partial charge is 0.464 e. The lowest BCUT2D eigenvalue weighted by atomic mass is 10.1. The van der Waals surface area contributed by atoms with Gasteiger partial charge in [0.25, 0.3) is 0 Å². The Morgan fingerprint density at radius 2 is 2.53 bits per heavy atom. The van der Waals surface area contributed by atoms with E-state index >= 15 is 0 Å². The van der Waals surface area contributed by atoms with E-state index in [9.17, 15) is 4.79 Å². The van der Waals surface area contributed by atoms with Gasteiger partial charge >= 0.3 is 5.97 Å². The van der Waals surface area contributed by atoms with Gasteiger partial charge in [-0.05, 0) is 18.0 Å². The van der Waals surface area contributed by atoms with Crippen molar-refractivity contribution in [2.24, 2.45) is 5.11 Å². The molecule has 0 saturated carbocycles. The summed E-state index contributed by atoms with van der Waals surface area (Å²) in [6.07, 6.45) is 5.72. The number of nitrogens with zero attached hydrogens (tertiary/aromatic N) is 4. The van der Waals surface area contributed by atoms with Gasteiger partial charge in [0.1, 0.15) is 0 Å². The van der Waals surface area contributed by atoms with E-state index in [-0.39, 0.29) is 5.69 Å². The molecular weight excluding hydrogens is 220 g/mol. The number of ether oxygens (including phenoxy) is 1. The van der Waals surface area contributed by atoms with Gasteiger partial charge < -0.3 is 4.74 Å². The van der Waals surface area contributed by atoms with E-state index in [2.05, 4.69) is 19.7 Å². The molecule has 1 aromatic rings. The third-order valence-electron chi connectivity index (χ3n) is 1.97. The van der Waals surface area contributed by atoms with Crippen molar-refractivity contribution in [3.8, 4) is 0 Å². The molecule has 0 bridgehead atoms. The van der Waals surface area contributed by atoms with Crippen LogP contribution >= 0.6 is 0 Å². The number of hydrogen-bond acceptors (Lipinski definition) is 4. The number of hydrogen-bond donors (Lipinski definition) is 0. The standard InChI is InChI=1S/C11H12N4O2/c1-17-11(16)10-9(6-4-7-13-10)5-2-3-8-14-15-12/h2,4-7H,3,8H2,1H3. The van der Waals surface area contributed by atoms with Crippen molar-refractivity contribution in [3.05, 3.63) is 46.1 Å². The Morgan fingerprint density at radius 1 is 1.71 bits per heavy atom. The molecule has 1 rings (SSSR count). The van der Waals surface area contributed by atoms with Gasteiger partial charge in [0.15, 0.2) is 5.69 Å². The summed E-state index contributed by atoms with van der Waals surface area (Å²) in [5.41, 5.74) is 9.05. The molecule has 6 nitrogen and oxygen atoms in total. The Morgan fingerprint density at radius 3 is 3.24 bits per heavy atom. The second kappa shape index (κ2) is 7.03. The fourth-order valence-corrected chi connectivity index (χ4v) is 1.21. The van der Waals surface area contributed by atoms with Gasteiger partial charge in [-0.1, -0.05) is 23.3 Å². The lowest BCUT2D eigenvalue weighted by molar-refractivity contribution is 0.0594. The molecule has 0 aromatic carbocycles. The minimum absolute atomic E-state index is 0.273. The van der Waals surface area contributed by atoms with Crippen molar-refractivity contribution < 1.29 is 9.53 Å². The highest BCUT2D eigenvalue weighted by atomic mass is 16.5. The Bertz CT molecular complexity index is 464. The number of methoxy groups -OCH3 is 1. The molecule has 0 aliphatic carbocycles. The highest BCUT2D eigenvalue weighted by molar-refractivity contribution is 5.91. The molecule has 88 valence electrons. The van der Waals surface area contributed by atoms with Crippen LogP contribution in [0.4, 0.5) is 0 Å². The summed E-state index contributed by atoms with van der Waals surface area (Å²) in [6, 6.07) is 3.50. The first-order valence-corrected chi connectivity index (χ1v) is 5.00. The average molecular weight is 232 g/mol. The molecule has 0 amide bonds. The maximum atomic E-state index is 11.4. The molecule has 0 N–H and O–H groups in total. The molecule has 0 fully saturated rings. The quantitative estimate of drug-likeness (QED) is 0.257. The fraction of sp³-hybridized carbons (Fsp3) is 0.273. The molecule has 0 aliphatic rings. The molecule has 0 saturated heterocycles. The second-order valence-electron chi connectivity index (χ2n) is 3.08.